The molecule has 0 bridgehead atoms. The molecular formula is C9H16BrN3O3Si. The molecule has 0 saturated carbocycles. The van der Waals surface area contributed by atoms with Crippen molar-refractivity contribution < 1.29 is 9.66 Å². The number of nitro groups is 1. The number of imidazole rings is 1. The highest BCUT2D eigenvalue weighted by molar-refractivity contribution is 9.10. The molecule has 0 unspecified atom stereocenters. The third-order valence-electron chi connectivity index (χ3n) is 2.19. The van der Waals surface area contributed by atoms with Gasteiger partial charge in [0, 0.05) is 30.6 Å². The lowest BCUT2D eigenvalue weighted by Gasteiger charge is -2.14. The van der Waals surface area contributed by atoms with E-state index in [-0.39, 0.29) is 12.5 Å². The molecule has 0 aliphatic heterocycles. The Kier molecular flexibility index (Phi) is 4.84. The minimum atomic E-state index is -1.12. The van der Waals surface area contributed by atoms with Crippen molar-refractivity contribution in [3.05, 3.63) is 21.0 Å². The Morgan fingerprint density at radius 3 is 2.76 bits per heavy atom. The summed E-state index contributed by atoms with van der Waals surface area (Å²) in [6, 6.07) is 1.03. The summed E-state index contributed by atoms with van der Waals surface area (Å²) in [5, 5.41) is 10.7. The SMILES string of the molecule is C[Si](C)(C)CCOCn1c([N+](=O)[O-])cnc1Br. The van der Waals surface area contributed by atoms with Gasteiger partial charge in [-0.2, -0.15) is 4.57 Å². The smallest absolute Gasteiger partial charge is 0.345 e. The maximum atomic E-state index is 10.7. The van der Waals surface area contributed by atoms with Crippen molar-refractivity contribution in [3.63, 3.8) is 0 Å². The molecule has 0 aliphatic carbocycles. The standard InChI is InChI=1S/C9H16BrN3O3Si/c1-17(2,3)5-4-16-7-12-8(13(14)15)6-11-9(12)10/h6H,4-5,7H2,1-3H3. The summed E-state index contributed by atoms with van der Waals surface area (Å²) in [4.78, 5) is 14.1. The molecule has 0 saturated heterocycles. The van der Waals surface area contributed by atoms with E-state index >= 15 is 0 Å². The summed E-state index contributed by atoms with van der Waals surface area (Å²) in [5.74, 6) is -0.0649. The molecule has 1 aromatic heterocycles. The van der Waals surface area contributed by atoms with E-state index < -0.39 is 13.0 Å². The lowest BCUT2D eigenvalue weighted by Crippen LogP contribution is -2.22. The van der Waals surface area contributed by atoms with Gasteiger partial charge in [-0.05, 0) is 11.0 Å². The largest absolute Gasteiger partial charge is 0.358 e. The Balaban J connectivity index is 2.52. The van der Waals surface area contributed by atoms with Crippen LogP contribution in [-0.2, 0) is 11.5 Å². The number of halogens is 1. The number of hydrogen-bond donors (Lipinski definition) is 0. The molecule has 1 aromatic rings. The fourth-order valence-electron chi connectivity index (χ4n) is 1.14. The van der Waals surface area contributed by atoms with Gasteiger partial charge in [0.25, 0.3) is 4.73 Å². The summed E-state index contributed by atoms with van der Waals surface area (Å²) >= 11 is 3.15. The average Bonchev–Trinajstić information content (AvgIpc) is 2.53. The van der Waals surface area contributed by atoms with Crippen LogP contribution in [0.2, 0.25) is 25.7 Å². The number of ether oxygens (including phenoxy) is 1. The van der Waals surface area contributed by atoms with Crippen molar-refractivity contribution in [1.29, 1.82) is 0 Å². The Bertz CT molecular complexity index is 403. The molecule has 0 amide bonds. The summed E-state index contributed by atoms with van der Waals surface area (Å²) < 4.78 is 7.26. The second kappa shape index (κ2) is 5.74. The molecular weight excluding hydrogens is 306 g/mol. The van der Waals surface area contributed by atoms with Crippen LogP contribution in [-0.4, -0.2) is 29.2 Å². The van der Waals surface area contributed by atoms with Crippen molar-refractivity contribution >= 4 is 29.8 Å². The van der Waals surface area contributed by atoms with Crippen LogP contribution in [0.5, 0.6) is 0 Å². The van der Waals surface area contributed by atoms with Crippen molar-refractivity contribution in [2.45, 2.75) is 32.4 Å². The highest BCUT2D eigenvalue weighted by Crippen LogP contribution is 2.18. The lowest BCUT2D eigenvalue weighted by molar-refractivity contribution is -0.393. The van der Waals surface area contributed by atoms with Gasteiger partial charge in [-0.25, -0.2) is 4.98 Å². The number of nitrogens with zero attached hydrogens (tertiary/aromatic N) is 3. The summed E-state index contributed by atoms with van der Waals surface area (Å²) in [7, 11) is -1.12. The monoisotopic (exact) mass is 321 g/mol. The van der Waals surface area contributed by atoms with Crippen LogP contribution in [0.1, 0.15) is 0 Å². The van der Waals surface area contributed by atoms with Gasteiger partial charge in [-0.3, -0.25) is 0 Å². The van der Waals surface area contributed by atoms with E-state index in [4.69, 9.17) is 4.74 Å². The molecule has 1 heterocycles. The van der Waals surface area contributed by atoms with Crippen LogP contribution in [0.4, 0.5) is 5.82 Å². The first kappa shape index (κ1) is 14.3. The molecule has 96 valence electrons. The highest BCUT2D eigenvalue weighted by Gasteiger charge is 2.19. The lowest BCUT2D eigenvalue weighted by atomic mass is 10.7. The Hall–Kier alpha value is -0.733. The third-order valence-corrected chi connectivity index (χ3v) is 4.53. The molecule has 0 aromatic carbocycles. The van der Waals surface area contributed by atoms with E-state index in [1.165, 1.54) is 10.8 Å². The fraction of sp³-hybridized carbons (Fsp3) is 0.667. The molecule has 1 rings (SSSR count). The fourth-order valence-corrected chi connectivity index (χ4v) is 2.29. The van der Waals surface area contributed by atoms with Crippen LogP contribution in [0.25, 0.3) is 0 Å². The average molecular weight is 322 g/mol. The van der Waals surface area contributed by atoms with Gasteiger partial charge in [0.2, 0.25) is 0 Å². The quantitative estimate of drug-likeness (QED) is 0.349. The van der Waals surface area contributed by atoms with Crippen molar-refractivity contribution in [2.24, 2.45) is 0 Å². The van der Waals surface area contributed by atoms with E-state index in [2.05, 4.69) is 40.6 Å². The molecule has 6 nitrogen and oxygen atoms in total. The highest BCUT2D eigenvalue weighted by atomic mass is 79.9. The molecule has 0 radical (unpaired) electrons. The van der Waals surface area contributed by atoms with Crippen LogP contribution >= 0.6 is 15.9 Å². The van der Waals surface area contributed by atoms with E-state index in [9.17, 15) is 10.1 Å². The summed E-state index contributed by atoms with van der Waals surface area (Å²) in [5.41, 5.74) is 0. The predicted octanol–water partition coefficient (Wildman–Crippen LogP) is 2.87. The maximum Gasteiger partial charge on any atom is 0.345 e. The van der Waals surface area contributed by atoms with Gasteiger partial charge in [0.15, 0.2) is 6.73 Å². The van der Waals surface area contributed by atoms with Gasteiger partial charge in [0.1, 0.15) is 6.20 Å². The predicted molar refractivity (Wildman–Crippen MR) is 70.7 cm³/mol. The van der Waals surface area contributed by atoms with Gasteiger partial charge in [-0.15, -0.1) is 0 Å². The molecule has 0 N–H and O–H groups in total. The van der Waals surface area contributed by atoms with Crippen LogP contribution in [0.3, 0.4) is 0 Å². The first-order valence-electron chi connectivity index (χ1n) is 5.24. The van der Waals surface area contributed by atoms with E-state index in [0.717, 1.165) is 6.04 Å². The Morgan fingerprint density at radius 2 is 2.24 bits per heavy atom. The van der Waals surface area contributed by atoms with Crippen LogP contribution in [0.15, 0.2) is 10.9 Å². The normalized spacial score (nSPS) is 11.8. The molecule has 0 spiro atoms. The van der Waals surface area contributed by atoms with Gasteiger partial charge in [-0.1, -0.05) is 19.6 Å². The zero-order valence-electron chi connectivity index (χ0n) is 10.1. The Labute approximate surface area is 109 Å². The minimum absolute atomic E-state index is 0.0649. The molecule has 0 atom stereocenters. The second-order valence-corrected chi connectivity index (χ2v) is 11.2. The van der Waals surface area contributed by atoms with E-state index in [0.29, 0.717) is 11.3 Å². The first-order chi connectivity index (χ1) is 7.81. The second-order valence-electron chi connectivity index (χ2n) is 4.92. The van der Waals surface area contributed by atoms with E-state index in [1.807, 2.05) is 0 Å². The zero-order chi connectivity index (χ0) is 13.1. The number of aromatic nitrogens is 2. The summed E-state index contributed by atoms with van der Waals surface area (Å²) in [6.45, 7) is 7.54. The number of rotatable bonds is 6. The van der Waals surface area contributed by atoms with Gasteiger partial charge < -0.3 is 14.9 Å². The summed E-state index contributed by atoms with van der Waals surface area (Å²) in [6.07, 6.45) is 1.21. The maximum absolute atomic E-state index is 10.7. The van der Waals surface area contributed by atoms with Crippen molar-refractivity contribution in [3.8, 4) is 0 Å². The van der Waals surface area contributed by atoms with Crippen LogP contribution in [0, 0.1) is 10.1 Å². The van der Waals surface area contributed by atoms with Crippen LogP contribution < -0.4 is 0 Å². The first-order valence-corrected chi connectivity index (χ1v) is 9.74. The zero-order valence-corrected chi connectivity index (χ0v) is 12.7. The van der Waals surface area contributed by atoms with Gasteiger partial charge >= 0.3 is 5.82 Å². The molecule has 0 aliphatic rings. The third kappa shape index (κ3) is 4.56. The van der Waals surface area contributed by atoms with Crippen molar-refractivity contribution in [1.82, 2.24) is 9.55 Å². The number of hydrogen-bond acceptors (Lipinski definition) is 4. The van der Waals surface area contributed by atoms with Crippen molar-refractivity contribution in [2.75, 3.05) is 6.61 Å². The molecule has 0 fully saturated rings. The molecule has 8 heteroatoms. The van der Waals surface area contributed by atoms with Gasteiger partial charge in [0.05, 0.1) is 0 Å². The van der Waals surface area contributed by atoms with E-state index in [1.54, 1.807) is 0 Å². The minimum Gasteiger partial charge on any atom is -0.358 e. The topological polar surface area (TPSA) is 70.2 Å². The Morgan fingerprint density at radius 1 is 1.59 bits per heavy atom. The molecule has 17 heavy (non-hydrogen) atoms.